The van der Waals surface area contributed by atoms with Crippen LogP contribution in [0.15, 0.2) is 227 Å². The summed E-state index contributed by atoms with van der Waals surface area (Å²) < 4.78 is 12.9. The van der Waals surface area contributed by atoms with Gasteiger partial charge in [0.1, 0.15) is 22.3 Å². The molecule has 0 aliphatic heterocycles. The molecule has 12 rings (SSSR count). The molecule has 62 heavy (non-hydrogen) atoms. The van der Waals surface area contributed by atoms with Crippen molar-refractivity contribution < 1.29 is 8.83 Å². The Morgan fingerprint density at radius 2 is 0.742 bits per heavy atom. The summed E-state index contributed by atoms with van der Waals surface area (Å²) in [5.74, 6) is 0.662. The fourth-order valence-electron chi connectivity index (χ4n) is 8.78. The largest absolute Gasteiger partial charge is 0.456 e. The van der Waals surface area contributed by atoms with Crippen molar-refractivity contribution in [1.29, 1.82) is 0 Å². The van der Waals surface area contributed by atoms with E-state index in [-0.39, 0.29) is 0 Å². The van der Waals surface area contributed by atoms with Crippen LogP contribution in [0.1, 0.15) is 0 Å². The van der Waals surface area contributed by atoms with Gasteiger partial charge in [0.05, 0.1) is 11.4 Å². The third-order valence-corrected chi connectivity index (χ3v) is 11.9. The third-order valence-electron chi connectivity index (χ3n) is 11.9. The smallest absolute Gasteiger partial charge is 0.160 e. The summed E-state index contributed by atoms with van der Waals surface area (Å²) in [6, 6.07) is 76.4. The average Bonchev–Trinajstić information content (AvgIpc) is 3.93. The number of hydrogen-bond donors (Lipinski definition) is 0. The van der Waals surface area contributed by atoms with Gasteiger partial charge in [-0.05, 0) is 93.5 Å². The Morgan fingerprint density at radius 1 is 0.258 bits per heavy atom. The van der Waals surface area contributed by atoms with Crippen LogP contribution < -0.4 is 0 Å². The second kappa shape index (κ2) is 14.7. The molecule has 0 saturated heterocycles. The maximum Gasteiger partial charge on any atom is 0.160 e. The lowest BCUT2D eigenvalue weighted by Crippen LogP contribution is -1.96. The van der Waals surface area contributed by atoms with Crippen molar-refractivity contribution in [2.45, 2.75) is 0 Å². The number of hydrogen-bond acceptors (Lipinski definition) is 4. The summed E-state index contributed by atoms with van der Waals surface area (Å²) in [6.45, 7) is 0. The van der Waals surface area contributed by atoms with E-state index in [0.717, 1.165) is 105 Å². The van der Waals surface area contributed by atoms with Gasteiger partial charge in [-0.2, -0.15) is 0 Å². The van der Waals surface area contributed by atoms with Crippen molar-refractivity contribution in [2.75, 3.05) is 0 Å². The molecule has 0 saturated carbocycles. The summed E-state index contributed by atoms with van der Waals surface area (Å²) in [5, 5.41) is 4.36. The van der Waals surface area contributed by atoms with Gasteiger partial charge in [-0.3, -0.25) is 0 Å². The fraction of sp³-hybridized carbons (Fsp3) is 0. The lowest BCUT2D eigenvalue weighted by atomic mass is 9.93. The summed E-state index contributed by atoms with van der Waals surface area (Å²) in [6.07, 6.45) is 0. The van der Waals surface area contributed by atoms with E-state index in [1.165, 1.54) is 11.1 Å². The minimum Gasteiger partial charge on any atom is -0.456 e. The molecule has 290 valence electrons. The number of benzene rings is 9. The van der Waals surface area contributed by atoms with Crippen molar-refractivity contribution in [3.63, 3.8) is 0 Å². The average molecular weight is 793 g/mol. The molecule has 0 amide bonds. The van der Waals surface area contributed by atoms with E-state index < -0.39 is 0 Å². The normalized spacial score (nSPS) is 11.5. The Kier molecular flexibility index (Phi) is 8.46. The zero-order valence-corrected chi connectivity index (χ0v) is 33.5. The van der Waals surface area contributed by atoms with Gasteiger partial charge in [-0.25, -0.2) is 9.97 Å². The highest BCUT2D eigenvalue weighted by Gasteiger charge is 2.18. The molecule has 0 bridgehead atoms. The monoisotopic (exact) mass is 792 g/mol. The van der Waals surface area contributed by atoms with Crippen molar-refractivity contribution in [1.82, 2.24) is 9.97 Å². The van der Waals surface area contributed by atoms with Crippen LogP contribution in [0.3, 0.4) is 0 Å². The first-order valence-corrected chi connectivity index (χ1v) is 20.9. The number of para-hydroxylation sites is 3. The Labute approximate surface area is 358 Å². The van der Waals surface area contributed by atoms with Gasteiger partial charge in [-0.15, -0.1) is 0 Å². The first-order valence-electron chi connectivity index (χ1n) is 20.9. The molecule has 3 aromatic heterocycles. The SMILES string of the molecule is c1ccc(-c2cccc(-c3ccc(-c4cc(-c5cc(-c6ccc7oc8ccccc8c7c6)cc(-c6cccc7c6oc6ccccc67)c5)nc(-c5ccccc5)n4)cc3)c2)cc1. The highest BCUT2D eigenvalue weighted by molar-refractivity contribution is 6.10. The van der Waals surface area contributed by atoms with Crippen LogP contribution in [0.25, 0.3) is 122 Å². The van der Waals surface area contributed by atoms with E-state index >= 15 is 0 Å². The topological polar surface area (TPSA) is 52.1 Å². The van der Waals surface area contributed by atoms with E-state index in [1.54, 1.807) is 0 Å². The van der Waals surface area contributed by atoms with Crippen LogP contribution in [0.2, 0.25) is 0 Å². The molecule has 0 aliphatic rings. The quantitative estimate of drug-likeness (QED) is 0.161. The molecule has 0 fully saturated rings. The standard InChI is InChI=1S/C58H36N2O2/c1-3-13-37(14-4-1)41-17-11-18-42(31-41)38-25-27-39(28-26-38)52-36-53(60-58(59-52)40-15-5-2-6-16-40)46-33-44(43-29-30-56-51(35-43)49-20-8-9-23-54(49)61-56)32-45(34-46)47-21-12-22-50-48-19-7-10-24-55(48)62-57(47)50/h1-36H. The lowest BCUT2D eigenvalue weighted by molar-refractivity contribution is 0.669. The predicted octanol–water partition coefficient (Wildman–Crippen LogP) is 15.9. The number of aromatic nitrogens is 2. The second-order valence-electron chi connectivity index (χ2n) is 15.7. The molecule has 0 aliphatic carbocycles. The molecule has 0 spiro atoms. The zero-order valence-electron chi connectivity index (χ0n) is 33.5. The Balaban J connectivity index is 1.03. The van der Waals surface area contributed by atoms with Gasteiger partial charge >= 0.3 is 0 Å². The Morgan fingerprint density at radius 3 is 1.50 bits per heavy atom. The molecule has 0 N–H and O–H groups in total. The third kappa shape index (κ3) is 6.34. The number of fused-ring (bicyclic) bond motifs is 6. The van der Waals surface area contributed by atoms with Crippen LogP contribution in [-0.2, 0) is 0 Å². The highest BCUT2D eigenvalue weighted by atomic mass is 16.3. The number of nitrogens with zero attached hydrogens (tertiary/aromatic N) is 2. The summed E-state index contributed by atoms with van der Waals surface area (Å²) in [7, 11) is 0. The van der Waals surface area contributed by atoms with E-state index in [9.17, 15) is 0 Å². The van der Waals surface area contributed by atoms with Crippen molar-refractivity contribution in [2.24, 2.45) is 0 Å². The fourth-order valence-corrected chi connectivity index (χ4v) is 8.78. The molecule has 12 aromatic rings. The van der Waals surface area contributed by atoms with Gasteiger partial charge in [0, 0.05) is 43.8 Å². The summed E-state index contributed by atoms with van der Waals surface area (Å²) in [4.78, 5) is 10.5. The van der Waals surface area contributed by atoms with Gasteiger partial charge in [0.2, 0.25) is 0 Å². The van der Waals surface area contributed by atoms with Crippen LogP contribution >= 0.6 is 0 Å². The molecular formula is C58H36N2O2. The van der Waals surface area contributed by atoms with E-state index in [4.69, 9.17) is 18.8 Å². The van der Waals surface area contributed by atoms with Gasteiger partial charge in [0.25, 0.3) is 0 Å². The van der Waals surface area contributed by atoms with Crippen molar-refractivity contribution in [3.05, 3.63) is 218 Å². The van der Waals surface area contributed by atoms with Crippen molar-refractivity contribution in [3.8, 4) is 78.4 Å². The van der Waals surface area contributed by atoms with E-state index in [2.05, 4.69) is 176 Å². The second-order valence-corrected chi connectivity index (χ2v) is 15.7. The van der Waals surface area contributed by atoms with Crippen LogP contribution in [0.4, 0.5) is 0 Å². The van der Waals surface area contributed by atoms with Crippen LogP contribution in [0, 0.1) is 0 Å². The molecule has 3 heterocycles. The molecule has 0 atom stereocenters. The summed E-state index contributed by atoms with van der Waals surface area (Å²) >= 11 is 0. The maximum atomic E-state index is 6.61. The van der Waals surface area contributed by atoms with Gasteiger partial charge in [-0.1, -0.05) is 164 Å². The predicted molar refractivity (Wildman–Crippen MR) is 255 cm³/mol. The Bertz CT molecular complexity index is 3620. The molecular weight excluding hydrogens is 757 g/mol. The summed E-state index contributed by atoms with van der Waals surface area (Å²) in [5.41, 5.74) is 16.9. The lowest BCUT2D eigenvalue weighted by Gasteiger charge is -2.14. The minimum absolute atomic E-state index is 0.662. The van der Waals surface area contributed by atoms with Crippen LogP contribution in [0.5, 0.6) is 0 Å². The maximum absolute atomic E-state index is 6.61. The molecule has 0 radical (unpaired) electrons. The van der Waals surface area contributed by atoms with Crippen LogP contribution in [-0.4, -0.2) is 9.97 Å². The first-order chi connectivity index (χ1) is 30.7. The molecule has 4 heteroatoms. The van der Waals surface area contributed by atoms with Gasteiger partial charge < -0.3 is 8.83 Å². The molecule has 4 nitrogen and oxygen atoms in total. The van der Waals surface area contributed by atoms with Gasteiger partial charge in [0.15, 0.2) is 5.82 Å². The number of furan rings is 2. The van der Waals surface area contributed by atoms with Crippen molar-refractivity contribution >= 4 is 43.9 Å². The molecule has 0 unspecified atom stereocenters. The zero-order chi connectivity index (χ0) is 41.0. The van der Waals surface area contributed by atoms with E-state index in [0.29, 0.717) is 5.82 Å². The van der Waals surface area contributed by atoms with E-state index in [1.807, 2.05) is 42.5 Å². The Hall–Kier alpha value is -8.34. The highest BCUT2D eigenvalue weighted by Crippen LogP contribution is 2.41. The first kappa shape index (κ1) is 35.6. The number of rotatable bonds is 7. The minimum atomic E-state index is 0.662. The molecule has 9 aromatic carbocycles.